The largest absolute Gasteiger partial charge is 0.487 e. The third-order valence-corrected chi connectivity index (χ3v) is 4.38. The van der Waals surface area contributed by atoms with Gasteiger partial charge in [-0.05, 0) is 25.0 Å². The number of quaternary nitrogens is 1. The van der Waals surface area contributed by atoms with Crippen molar-refractivity contribution in [1.29, 1.82) is 0 Å². The molecule has 1 aliphatic rings. The first-order valence-electron chi connectivity index (χ1n) is 8.45. The SMILES string of the molecule is CCOC(=O)C1CC[NH+](CCOc2ccccc2CC)CC1. The van der Waals surface area contributed by atoms with Crippen LogP contribution < -0.4 is 9.64 Å². The average Bonchev–Trinajstić information content (AvgIpc) is 2.56. The van der Waals surface area contributed by atoms with Gasteiger partial charge in [-0.3, -0.25) is 4.79 Å². The number of nitrogens with one attached hydrogen (secondary N) is 1. The van der Waals surface area contributed by atoms with Crippen LogP contribution in [0.3, 0.4) is 0 Å². The van der Waals surface area contributed by atoms with Crippen LogP contribution in [-0.2, 0) is 16.0 Å². The van der Waals surface area contributed by atoms with Crippen molar-refractivity contribution in [3.8, 4) is 5.75 Å². The Labute approximate surface area is 133 Å². The van der Waals surface area contributed by atoms with Gasteiger partial charge in [0.05, 0.1) is 25.6 Å². The predicted octanol–water partition coefficient (Wildman–Crippen LogP) is 1.49. The lowest BCUT2D eigenvalue weighted by Gasteiger charge is -2.28. The van der Waals surface area contributed by atoms with Crippen molar-refractivity contribution >= 4 is 5.97 Å². The topological polar surface area (TPSA) is 40.0 Å². The van der Waals surface area contributed by atoms with Crippen molar-refractivity contribution in [2.24, 2.45) is 5.92 Å². The summed E-state index contributed by atoms with van der Waals surface area (Å²) in [5, 5.41) is 0. The van der Waals surface area contributed by atoms with Crippen LogP contribution in [0.1, 0.15) is 32.3 Å². The minimum atomic E-state index is -0.0188. The Morgan fingerprint density at radius 3 is 2.64 bits per heavy atom. The van der Waals surface area contributed by atoms with E-state index in [1.807, 2.05) is 19.1 Å². The summed E-state index contributed by atoms with van der Waals surface area (Å²) in [6.45, 7) is 8.28. The Bertz CT molecular complexity index is 467. The molecule has 4 heteroatoms. The number of hydrogen-bond acceptors (Lipinski definition) is 3. The van der Waals surface area contributed by atoms with E-state index >= 15 is 0 Å². The highest BCUT2D eigenvalue weighted by Gasteiger charge is 2.28. The van der Waals surface area contributed by atoms with E-state index in [4.69, 9.17) is 9.47 Å². The molecule has 0 saturated carbocycles. The van der Waals surface area contributed by atoms with Crippen LogP contribution in [0.2, 0.25) is 0 Å². The van der Waals surface area contributed by atoms with Gasteiger partial charge in [0.1, 0.15) is 18.9 Å². The zero-order valence-electron chi connectivity index (χ0n) is 13.8. The number of benzene rings is 1. The fourth-order valence-corrected chi connectivity index (χ4v) is 3.01. The zero-order valence-corrected chi connectivity index (χ0v) is 13.8. The second-order valence-corrected chi connectivity index (χ2v) is 5.84. The van der Waals surface area contributed by atoms with E-state index < -0.39 is 0 Å². The van der Waals surface area contributed by atoms with Gasteiger partial charge >= 0.3 is 5.97 Å². The third-order valence-electron chi connectivity index (χ3n) is 4.38. The van der Waals surface area contributed by atoms with Gasteiger partial charge in [0, 0.05) is 12.8 Å². The highest BCUT2D eigenvalue weighted by Crippen LogP contribution is 2.17. The number of carbonyl (C=O) groups is 1. The van der Waals surface area contributed by atoms with Gasteiger partial charge in [-0.1, -0.05) is 25.1 Å². The van der Waals surface area contributed by atoms with Crippen molar-refractivity contribution in [2.75, 3.05) is 32.8 Å². The van der Waals surface area contributed by atoms with Gasteiger partial charge in [-0.25, -0.2) is 0 Å². The molecule has 0 amide bonds. The molecule has 1 aliphatic heterocycles. The molecule has 22 heavy (non-hydrogen) atoms. The van der Waals surface area contributed by atoms with Crippen LogP contribution >= 0.6 is 0 Å². The number of carbonyl (C=O) groups excluding carboxylic acids is 1. The molecule has 1 N–H and O–H groups in total. The standard InChI is InChI=1S/C18H27NO3/c1-3-15-7-5-6-8-17(15)22-14-13-19-11-9-16(10-12-19)18(20)21-4-2/h5-8,16H,3-4,9-14H2,1-2H3/p+1. The van der Waals surface area contributed by atoms with Gasteiger partial charge in [-0.2, -0.15) is 0 Å². The van der Waals surface area contributed by atoms with Gasteiger partial charge in [0.15, 0.2) is 0 Å². The first-order valence-corrected chi connectivity index (χ1v) is 8.45. The molecule has 1 aromatic carbocycles. The normalized spacial score (nSPS) is 21.4. The molecule has 0 aliphatic carbocycles. The number of para-hydroxylation sites is 1. The minimum absolute atomic E-state index is 0.0188. The number of likely N-dealkylation sites (tertiary alicyclic amines) is 1. The summed E-state index contributed by atoms with van der Waals surface area (Å²) >= 11 is 0. The van der Waals surface area contributed by atoms with Crippen LogP contribution in [-0.4, -0.2) is 38.8 Å². The summed E-state index contributed by atoms with van der Waals surface area (Å²) in [6, 6.07) is 8.23. The zero-order chi connectivity index (χ0) is 15.8. The van der Waals surface area contributed by atoms with Crippen molar-refractivity contribution in [1.82, 2.24) is 0 Å². The van der Waals surface area contributed by atoms with E-state index in [1.54, 1.807) is 0 Å². The molecule has 1 aromatic rings. The molecule has 2 rings (SSSR count). The average molecular weight is 306 g/mol. The van der Waals surface area contributed by atoms with E-state index in [-0.39, 0.29) is 11.9 Å². The molecular formula is C18H28NO3+. The fourth-order valence-electron chi connectivity index (χ4n) is 3.01. The number of ether oxygens (including phenoxy) is 2. The predicted molar refractivity (Wildman–Crippen MR) is 86.2 cm³/mol. The number of aryl methyl sites for hydroxylation is 1. The van der Waals surface area contributed by atoms with E-state index in [9.17, 15) is 4.79 Å². The number of hydrogen-bond donors (Lipinski definition) is 1. The maximum Gasteiger partial charge on any atom is 0.309 e. The number of rotatable bonds is 7. The van der Waals surface area contributed by atoms with Crippen molar-refractivity contribution in [3.05, 3.63) is 29.8 Å². The molecule has 1 saturated heterocycles. The summed E-state index contributed by atoms with van der Waals surface area (Å²) in [7, 11) is 0. The molecule has 0 atom stereocenters. The highest BCUT2D eigenvalue weighted by atomic mass is 16.5. The maximum absolute atomic E-state index is 11.7. The van der Waals surface area contributed by atoms with Gasteiger partial charge in [0.25, 0.3) is 0 Å². The summed E-state index contributed by atoms with van der Waals surface area (Å²) in [5.74, 6) is 1.09. The van der Waals surface area contributed by atoms with Crippen LogP contribution in [0.15, 0.2) is 24.3 Å². The lowest BCUT2D eigenvalue weighted by Crippen LogP contribution is -3.13. The summed E-state index contributed by atoms with van der Waals surface area (Å²) in [4.78, 5) is 13.2. The molecule has 4 nitrogen and oxygen atoms in total. The smallest absolute Gasteiger partial charge is 0.309 e. The molecular weight excluding hydrogens is 278 g/mol. The Morgan fingerprint density at radius 2 is 1.95 bits per heavy atom. The maximum atomic E-state index is 11.7. The number of esters is 1. The molecule has 0 aromatic heterocycles. The van der Waals surface area contributed by atoms with Crippen molar-refractivity contribution in [3.63, 3.8) is 0 Å². The van der Waals surface area contributed by atoms with Gasteiger partial charge < -0.3 is 14.4 Å². The lowest BCUT2D eigenvalue weighted by atomic mass is 9.97. The molecule has 122 valence electrons. The second kappa shape index (κ2) is 8.79. The summed E-state index contributed by atoms with van der Waals surface area (Å²) in [6.07, 6.45) is 2.85. The molecule has 1 heterocycles. The fraction of sp³-hybridized carbons (Fsp3) is 0.611. The molecule has 0 spiro atoms. The van der Waals surface area contributed by atoms with Crippen LogP contribution in [0, 0.1) is 5.92 Å². The highest BCUT2D eigenvalue weighted by molar-refractivity contribution is 5.72. The van der Waals surface area contributed by atoms with Gasteiger partial charge in [-0.15, -0.1) is 0 Å². The molecule has 0 unspecified atom stereocenters. The Morgan fingerprint density at radius 1 is 1.23 bits per heavy atom. The van der Waals surface area contributed by atoms with Crippen molar-refractivity contribution < 1.29 is 19.2 Å². The Kier molecular flexibility index (Phi) is 6.72. The van der Waals surface area contributed by atoms with Crippen LogP contribution in [0.5, 0.6) is 5.75 Å². The van der Waals surface area contributed by atoms with Crippen LogP contribution in [0.25, 0.3) is 0 Å². The third kappa shape index (κ3) is 4.73. The number of piperidine rings is 1. The van der Waals surface area contributed by atoms with Crippen LogP contribution in [0.4, 0.5) is 0 Å². The van der Waals surface area contributed by atoms with Crippen molar-refractivity contribution in [2.45, 2.75) is 33.1 Å². The summed E-state index contributed by atoms with van der Waals surface area (Å²) in [5.41, 5.74) is 1.26. The van der Waals surface area contributed by atoms with Gasteiger partial charge in [0.2, 0.25) is 0 Å². The quantitative estimate of drug-likeness (QED) is 0.776. The Balaban J connectivity index is 1.70. The molecule has 0 radical (unpaired) electrons. The first kappa shape index (κ1) is 16.8. The molecule has 1 fully saturated rings. The second-order valence-electron chi connectivity index (χ2n) is 5.84. The minimum Gasteiger partial charge on any atom is -0.487 e. The molecule has 0 bridgehead atoms. The lowest BCUT2D eigenvalue weighted by molar-refractivity contribution is -0.905. The van der Waals surface area contributed by atoms with E-state index in [0.717, 1.165) is 51.3 Å². The first-order chi connectivity index (χ1) is 10.7. The van der Waals surface area contributed by atoms with E-state index in [1.165, 1.54) is 10.5 Å². The summed E-state index contributed by atoms with van der Waals surface area (Å²) < 4.78 is 11.0. The van der Waals surface area contributed by atoms with E-state index in [2.05, 4.69) is 19.1 Å². The Hall–Kier alpha value is -1.55. The van der Waals surface area contributed by atoms with E-state index in [0.29, 0.717) is 6.61 Å². The monoisotopic (exact) mass is 306 g/mol.